The lowest BCUT2D eigenvalue weighted by atomic mass is 10.1. The zero-order valence-corrected chi connectivity index (χ0v) is 13.7. The highest BCUT2D eigenvalue weighted by atomic mass is 16.2. The van der Waals surface area contributed by atoms with E-state index in [1.165, 1.54) is 13.5 Å². The molecule has 0 saturated carbocycles. The number of likely N-dealkylation sites (tertiary alicyclic amines) is 1. The first-order chi connectivity index (χ1) is 11.6. The van der Waals surface area contributed by atoms with Gasteiger partial charge in [-0.05, 0) is 25.3 Å². The Balaban J connectivity index is 1.92. The molecule has 1 aliphatic rings. The summed E-state index contributed by atoms with van der Waals surface area (Å²) in [6, 6.07) is 7.34. The molecule has 1 saturated heterocycles. The maximum Gasteiger partial charge on any atom is 0.292 e. The van der Waals surface area contributed by atoms with E-state index in [0.29, 0.717) is 10.9 Å². The molecule has 126 valence electrons. The first-order valence-electron chi connectivity index (χ1n) is 8.24. The largest absolute Gasteiger partial charge is 0.352 e. The number of ketones is 1. The molecule has 0 unspecified atom stereocenters. The number of rotatable bonds is 4. The second-order valence-electron chi connectivity index (χ2n) is 6.04. The van der Waals surface area contributed by atoms with Crippen LogP contribution in [0, 0.1) is 0 Å². The SMILES string of the molecule is CNC(=O)C(=O)c1cn(CC(=O)N2CCCCC2)c2ccccc12. The molecular weight excluding hydrogens is 306 g/mol. The third-order valence-electron chi connectivity index (χ3n) is 4.48. The van der Waals surface area contributed by atoms with Crippen LogP contribution in [0.3, 0.4) is 0 Å². The number of fused-ring (bicyclic) bond motifs is 1. The van der Waals surface area contributed by atoms with E-state index in [1.807, 2.05) is 23.1 Å². The van der Waals surface area contributed by atoms with Crippen LogP contribution in [0.1, 0.15) is 29.6 Å². The molecule has 0 spiro atoms. The monoisotopic (exact) mass is 327 g/mol. The van der Waals surface area contributed by atoms with Gasteiger partial charge in [-0.2, -0.15) is 0 Å². The summed E-state index contributed by atoms with van der Waals surface area (Å²) in [4.78, 5) is 38.4. The van der Waals surface area contributed by atoms with Gasteiger partial charge in [-0.25, -0.2) is 0 Å². The number of para-hydroxylation sites is 1. The summed E-state index contributed by atoms with van der Waals surface area (Å²) in [5.41, 5.74) is 1.12. The van der Waals surface area contributed by atoms with E-state index in [-0.39, 0.29) is 12.5 Å². The molecule has 2 aromatic rings. The highest BCUT2D eigenvalue weighted by Gasteiger charge is 2.22. The van der Waals surface area contributed by atoms with Crippen molar-refractivity contribution in [3.8, 4) is 0 Å². The van der Waals surface area contributed by atoms with Gasteiger partial charge in [-0.15, -0.1) is 0 Å². The van der Waals surface area contributed by atoms with E-state index in [0.717, 1.165) is 31.4 Å². The zero-order valence-electron chi connectivity index (χ0n) is 13.7. The average Bonchev–Trinajstić information content (AvgIpc) is 2.99. The molecule has 6 nitrogen and oxygen atoms in total. The lowest BCUT2D eigenvalue weighted by molar-refractivity contribution is -0.132. The zero-order chi connectivity index (χ0) is 17.1. The first-order valence-corrected chi connectivity index (χ1v) is 8.24. The van der Waals surface area contributed by atoms with E-state index in [9.17, 15) is 14.4 Å². The Morgan fingerprint density at radius 3 is 2.50 bits per heavy atom. The normalized spacial score (nSPS) is 14.6. The Kier molecular flexibility index (Phi) is 4.64. The third kappa shape index (κ3) is 3.04. The van der Waals surface area contributed by atoms with Gasteiger partial charge < -0.3 is 14.8 Å². The number of hydrogen-bond donors (Lipinski definition) is 1. The smallest absolute Gasteiger partial charge is 0.292 e. The van der Waals surface area contributed by atoms with Gasteiger partial charge in [0.25, 0.3) is 11.7 Å². The van der Waals surface area contributed by atoms with Crippen molar-refractivity contribution in [2.75, 3.05) is 20.1 Å². The first kappa shape index (κ1) is 16.2. The van der Waals surface area contributed by atoms with Crippen LogP contribution in [-0.2, 0) is 16.1 Å². The molecule has 0 radical (unpaired) electrons. The maximum absolute atomic E-state index is 12.5. The average molecular weight is 327 g/mol. The number of carbonyl (C=O) groups is 3. The summed E-state index contributed by atoms with van der Waals surface area (Å²) in [7, 11) is 1.43. The standard InChI is InChI=1S/C18H21N3O3/c1-19-18(24)17(23)14-11-21(15-8-4-3-7-13(14)15)12-16(22)20-9-5-2-6-10-20/h3-4,7-8,11H,2,5-6,9-10,12H2,1H3,(H,19,24). The number of piperidine rings is 1. The molecule has 2 heterocycles. The Labute approximate surface area is 140 Å². The lowest BCUT2D eigenvalue weighted by Crippen LogP contribution is -2.37. The van der Waals surface area contributed by atoms with Crippen molar-refractivity contribution in [1.82, 2.24) is 14.8 Å². The van der Waals surface area contributed by atoms with Crippen molar-refractivity contribution in [2.45, 2.75) is 25.8 Å². The van der Waals surface area contributed by atoms with Crippen LogP contribution in [0.25, 0.3) is 10.9 Å². The van der Waals surface area contributed by atoms with Gasteiger partial charge in [-0.1, -0.05) is 18.2 Å². The number of nitrogens with one attached hydrogen (secondary N) is 1. The van der Waals surface area contributed by atoms with Crippen LogP contribution in [0.15, 0.2) is 30.5 Å². The molecule has 1 aliphatic heterocycles. The number of amides is 2. The van der Waals surface area contributed by atoms with Crippen LogP contribution in [0.2, 0.25) is 0 Å². The molecule has 6 heteroatoms. The number of aromatic nitrogens is 1. The van der Waals surface area contributed by atoms with Gasteiger partial charge in [0.2, 0.25) is 5.91 Å². The number of carbonyl (C=O) groups excluding carboxylic acids is 3. The van der Waals surface area contributed by atoms with Crippen LogP contribution >= 0.6 is 0 Å². The summed E-state index contributed by atoms with van der Waals surface area (Å²) in [6.45, 7) is 1.77. The van der Waals surface area contributed by atoms with Crippen molar-refractivity contribution in [1.29, 1.82) is 0 Å². The van der Waals surface area contributed by atoms with Crippen LogP contribution in [0.5, 0.6) is 0 Å². The molecule has 24 heavy (non-hydrogen) atoms. The fraction of sp³-hybridized carbons (Fsp3) is 0.389. The summed E-state index contributed by atoms with van der Waals surface area (Å²) >= 11 is 0. The van der Waals surface area contributed by atoms with Gasteiger partial charge in [0.1, 0.15) is 6.54 Å². The molecule has 2 amide bonds. The van der Waals surface area contributed by atoms with Crippen molar-refractivity contribution >= 4 is 28.5 Å². The van der Waals surface area contributed by atoms with Gasteiger partial charge in [-0.3, -0.25) is 14.4 Å². The summed E-state index contributed by atoms with van der Waals surface area (Å²) in [6.07, 6.45) is 4.86. The molecule has 0 bridgehead atoms. The number of benzene rings is 1. The van der Waals surface area contributed by atoms with Crippen molar-refractivity contribution in [2.24, 2.45) is 0 Å². The quantitative estimate of drug-likeness (QED) is 0.684. The molecule has 3 rings (SSSR count). The molecule has 1 aromatic carbocycles. The fourth-order valence-corrected chi connectivity index (χ4v) is 3.18. The van der Waals surface area contributed by atoms with Crippen molar-refractivity contribution in [3.63, 3.8) is 0 Å². The summed E-state index contributed by atoms with van der Waals surface area (Å²) in [5, 5.41) is 3.05. The van der Waals surface area contributed by atoms with E-state index in [2.05, 4.69) is 5.32 Å². The van der Waals surface area contributed by atoms with Crippen LogP contribution < -0.4 is 5.32 Å². The summed E-state index contributed by atoms with van der Waals surface area (Å²) < 4.78 is 1.77. The number of Topliss-reactive ketones (excluding diaryl/α,β-unsaturated/α-hetero) is 1. The highest BCUT2D eigenvalue weighted by molar-refractivity contribution is 6.44. The Morgan fingerprint density at radius 1 is 1.08 bits per heavy atom. The lowest BCUT2D eigenvalue weighted by Gasteiger charge is -2.27. The topological polar surface area (TPSA) is 71.4 Å². The molecule has 0 aliphatic carbocycles. The minimum Gasteiger partial charge on any atom is -0.352 e. The predicted molar refractivity (Wildman–Crippen MR) is 90.8 cm³/mol. The van der Waals surface area contributed by atoms with Crippen LogP contribution in [-0.4, -0.2) is 47.2 Å². The molecular formula is C18H21N3O3. The van der Waals surface area contributed by atoms with E-state index in [1.54, 1.807) is 16.8 Å². The summed E-state index contributed by atoms with van der Waals surface area (Å²) in [5.74, 6) is -1.19. The number of likely N-dealkylation sites (N-methyl/N-ethyl adjacent to an activating group) is 1. The number of hydrogen-bond acceptors (Lipinski definition) is 3. The minimum absolute atomic E-state index is 0.0504. The molecule has 1 aromatic heterocycles. The highest BCUT2D eigenvalue weighted by Crippen LogP contribution is 2.22. The maximum atomic E-state index is 12.5. The molecule has 0 atom stereocenters. The molecule has 1 N–H and O–H groups in total. The third-order valence-corrected chi connectivity index (χ3v) is 4.48. The Hall–Kier alpha value is -2.63. The van der Waals surface area contributed by atoms with Crippen molar-refractivity contribution < 1.29 is 14.4 Å². The van der Waals surface area contributed by atoms with E-state index in [4.69, 9.17) is 0 Å². The van der Waals surface area contributed by atoms with Gasteiger partial charge in [0, 0.05) is 37.2 Å². The second-order valence-corrected chi connectivity index (χ2v) is 6.04. The second kappa shape index (κ2) is 6.86. The Bertz CT molecular complexity index is 788. The van der Waals surface area contributed by atoms with Crippen molar-refractivity contribution in [3.05, 3.63) is 36.0 Å². The van der Waals surface area contributed by atoms with E-state index >= 15 is 0 Å². The molecule has 1 fully saturated rings. The van der Waals surface area contributed by atoms with Gasteiger partial charge >= 0.3 is 0 Å². The van der Waals surface area contributed by atoms with Gasteiger partial charge in [0.15, 0.2) is 0 Å². The van der Waals surface area contributed by atoms with E-state index < -0.39 is 11.7 Å². The predicted octanol–water partition coefficient (Wildman–Crippen LogP) is 1.58. The van der Waals surface area contributed by atoms with Crippen LogP contribution in [0.4, 0.5) is 0 Å². The Morgan fingerprint density at radius 2 is 1.79 bits per heavy atom. The van der Waals surface area contributed by atoms with Gasteiger partial charge in [0.05, 0.1) is 5.56 Å². The minimum atomic E-state index is -0.653. The number of nitrogens with zero attached hydrogens (tertiary/aromatic N) is 2. The fourth-order valence-electron chi connectivity index (χ4n) is 3.18.